The zero-order chi connectivity index (χ0) is 13.8. The molecule has 1 aliphatic heterocycles. The first-order valence-corrected chi connectivity index (χ1v) is 6.82. The molecule has 2 heterocycles. The van der Waals surface area contributed by atoms with Gasteiger partial charge < -0.3 is 10.6 Å². The van der Waals surface area contributed by atoms with Crippen LogP contribution in [0.2, 0.25) is 0 Å². The number of hydrogen-bond donors (Lipinski definition) is 2. The minimum atomic E-state index is -0.248. The van der Waals surface area contributed by atoms with Gasteiger partial charge in [-0.25, -0.2) is 0 Å². The second kappa shape index (κ2) is 5.84. The fourth-order valence-electron chi connectivity index (χ4n) is 2.53. The molecule has 0 fully saturated rings. The lowest BCUT2D eigenvalue weighted by atomic mass is 9.94. The lowest BCUT2D eigenvalue weighted by molar-refractivity contribution is -0.123. The summed E-state index contributed by atoms with van der Waals surface area (Å²) >= 11 is 0. The predicted octanol–water partition coefficient (Wildman–Crippen LogP) is 1.58. The third-order valence-electron chi connectivity index (χ3n) is 3.59. The number of amides is 1. The SMILES string of the molecule is O=C(NCc1ccncc1)C1NCCc2ccccc21. The normalized spacial score (nSPS) is 17.3. The maximum Gasteiger partial charge on any atom is 0.242 e. The summed E-state index contributed by atoms with van der Waals surface area (Å²) in [7, 11) is 0. The number of fused-ring (bicyclic) bond motifs is 1. The first kappa shape index (κ1) is 12.8. The van der Waals surface area contributed by atoms with Crippen molar-refractivity contribution >= 4 is 5.91 Å². The Bertz CT molecular complexity index is 598. The van der Waals surface area contributed by atoms with Crippen molar-refractivity contribution in [3.8, 4) is 0 Å². The molecular formula is C16H17N3O. The number of nitrogens with one attached hydrogen (secondary N) is 2. The van der Waals surface area contributed by atoms with Crippen molar-refractivity contribution in [3.63, 3.8) is 0 Å². The van der Waals surface area contributed by atoms with Crippen LogP contribution < -0.4 is 10.6 Å². The van der Waals surface area contributed by atoms with Crippen LogP contribution in [0.25, 0.3) is 0 Å². The average Bonchev–Trinajstić information content (AvgIpc) is 2.53. The summed E-state index contributed by atoms with van der Waals surface area (Å²) in [5.41, 5.74) is 3.40. The summed E-state index contributed by atoms with van der Waals surface area (Å²) < 4.78 is 0. The third-order valence-corrected chi connectivity index (χ3v) is 3.59. The number of rotatable bonds is 3. The van der Waals surface area contributed by atoms with E-state index in [9.17, 15) is 4.79 Å². The average molecular weight is 267 g/mol. The van der Waals surface area contributed by atoms with E-state index in [1.807, 2.05) is 30.3 Å². The van der Waals surface area contributed by atoms with E-state index < -0.39 is 0 Å². The van der Waals surface area contributed by atoms with Crippen LogP contribution >= 0.6 is 0 Å². The highest BCUT2D eigenvalue weighted by Crippen LogP contribution is 2.22. The van der Waals surface area contributed by atoms with Gasteiger partial charge in [0.15, 0.2) is 0 Å². The molecule has 4 heteroatoms. The molecule has 0 aliphatic carbocycles. The van der Waals surface area contributed by atoms with Gasteiger partial charge in [-0.3, -0.25) is 9.78 Å². The predicted molar refractivity (Wildman–Crippen MR) is 77.0 cm³/mol. The molecule has 4 nitrogen and oxygen atoms in total. The van der Waals surface area contributed by atoms with Gasteiger partial charge in [-0.05, 0) is 35.2 Å². The molecule has 1 aromatic heterocycles. The molecular weight excluding hydrogens is 250 g/mol. The van der Waals surface area contributed by atoms with Crippen LogP contribution in [0.3, 0.4) is 0 Å². The van der Waals surface area contributed by atoms with Crippen LogP contribution in [0.15, 0.2) is 48.8 Å². The van der Waals surface area contributed by atoms with Crippen LogP contribution in [0.5, 0.6) is 0 Å². The van der Waals surface area contributed by atoms with E-state index in [1.54, 1.807) is 12.4 Å². The van der Waals surface area contributed by atoms with Crippen molar-refractivity contribution in [2.45, 2.75) is 19.0 Å². The van der Waals surface area contributed by atoms with Gasteiger partial charge in [0, 0.05) is 25.5 Å². The molecule has 0 spiro atoms. The van der Waals surface area contributed by atoms with E-state index >= 15 is 0 Å². The molecule has 1 atom stereocenters. The van der Waals surface area contributed by atoms with E-state index in [0.717, 1.165) is 24.1 Å². The molecule has 1 aliphatic rings. The lowest BCUT2D eigenvalue weighted by Gasteiger charge is -2.26. The van der Waals surface area contributed by atoms with E-state index in [4.69, 9.17) is 0 Å². The second-order valence-corrected chi connectivity index (χ2v) is 4.91. The van der Waals surface area contributed by atoms with Crippen LogP contribution in [-0.4, -0.2) is 17.4 Å². The number of pyridine rings is 1. The zero-order valence-electron chi connectivity index (χ0n) is 11.2. The molecule has 3 rings (SSSR count). The number of aromatic nitrogens is 1. The second-order valence-electron chi connectivity index (χ2n) is 4.91. The Labute approximate surface area is 118 Å². The van der Waals surface area contributed by atoms with Crippen LogP contribution in [0.1, 0.15) is 22.7 Å². The summed E-state index contributed by atoms with van der Waals surface area (Å²) in [5, 5.41) is 6.27. The van der Waals surface area contributed by atoms with Crippen molar-refractivity contribution < 1.29 is 4.79 Å². The van der Waals surface area contributed by atoms with Crippen LogP contribution in [-0.2, 0) is 17.8 Å². The largest absolute Gasteiger partial charge is 0.350 e. The maximum absolute atomic E-state index is 12.3. The van der Waals surface area contributed by atoms with Gasteiger partial charge in [-0.2, -0.15) is 0 Å². The molecule has 102 valence electrons. The fraction of sp³-hybridized carbons (Fsp3) is 0.250. The fourth-order valence-corrected chi connectivity index (χ4v) is 2.53. The monoisotopic (exact) mass is 267 g/mol. The summed E-state index contributed by atoms with van der Waals surface area (Å²) in [6.07, 6.45) is 4.44. The number of benzene rings is 1. The first-order valence-electron chi connectivity index (χ1n) is 6.82. The van der Waals surface area contributed by atoms with Gasteiger partial charge in [0.05, 0.1) is 0 Å². The van der Waals surface area contributed by atoms with Crippen LogP contribution in [0, 0.1) is 0 Å². The Hall–Kier alpha value is -2.20. The van der Waals surface area contributed by atoms with Crippen molar-refractivity contribution in [2.75, 3.05) is 6.54 Å². The highest BCUT2D eigenvalue weighted by Gasteiger charge is 2.25. The van der Waals surface area contributed by atoms with Gasteiger partial charge >= 0.3 is 0 Å². The third kappa shape index (κ3) is 2.70. The lowest BCUT2D eigenvalue weighted by Crippen LogP contribution is -2.41. The molecule has 1 aromatic carbocycles. The van der Waals surface area contributed by atoms with Gasteiger partial charge in [-0.1, -0.05) is 24.3 Å². The van der Waals surface area contributed by atoms with Crippen molar-refractivity contribution in [3.05, 3.63) is 65.5 Å². The summed E-state index contributed by atoms with van der Waals surface area (Å²) in [6, 6.07) is 11.7. The van der Waals surface area contributed by atoms with Crippen molar-refractivity contribution in [1.82, 2.24) is 15.6 Å². The Morgan fingerprint density at radius 2 is 2.05 bits per heavy atom. The number of nitrogens with zero attached hydrogens (tertiary/aromatic N) is 1. The van der Waals surface area contributed by atoms with Crippen LogP contribution in [0.4, 0.5) is 0 Å². The molecule has 1 unspecified atom stereocenters. The molecule has 0 radical (unpaired) electrons. The topological polar surface area (TPSA) is 54.0 Å². The quantitative estimate of drug-likeness (QED) is 0.888. The van der Waals surface area contributed by atoms with Gasteiger partial charge in [0.2, 0.25) is 5.91 Å². The highest BCUT2D eigenvalue weighted by atomic mass is 16.2. The number of hydrogen-bond acceptors (Lipinski definition) is 3. The minimum absolute atomic E-state index is 0.0222. The smallest absolute Gasteiger partial charge is 0.242 e. The first-order chi connectivity index (χ1) is 9.84. The Morgan fingerprint density at radius 3 is 2.90 bits per heavy atom. The van der Waals surface area contributed by atoms with E-state index in [1.165, 1.54) is 5.56 Å². The molecule has 0 saturated carbocycles. The van der Waals surface area contributed by atoms with Gasteiger partial charge in [-0.15, -0.1) is 0 Å². The molecule has 0 bridgehead atoms. The summed E-state index contributed by atoms with van der Waals surface area (Å²) in [6.45, 7) is 1.37. The maximum atomic E-state index is 12.3. The van der Waals surface area contributed by atoms with E-state index in [2.05, 4.69) is 21.7 Å². The Balaban J connectivity index is 1.69. The number of carbonyl (C=O) groups is 1. The summed E-state index contributed by atoms with van der Waals surface area (Å²) in [4.78, 5) is 16.3. The van der Waals surface area contributed by atoms with Crippen molar-refractivity contribution in [1.29, 1.82) is 0 Å². The van der Waals surface area contributed by atoms with Gasteiger partial charge in [0.25, 0.3) is 0 Å². The Kier molecular flexibility index (Phi) is 3.74. The standard InChI is InChI=1S/C16H17N3O/c20-16(19-11-12-5-8-17-9-6-12)15-14-4-2-1-3-13(14)7-10-18-15/h1-6,8-9,15,18H,7,10-11H2,(H,19,20). The van der Waals surface area contributed by atoms with E-state index in [0.29, 0.717) is 6.54 Å². The molecule has 2 aromatic rings. The van der Waals surface area contributed by atoms with E-state index in [-0.39, 0.29) is 11.9 Å². The molecule has 20 heavy (non-hydrogen) atoms. The molecule has 0 saturated heterocycles. The number of carbonyl (C=O) groups excluding carboxylic acids is 1. The highest BCUT2D eigenvalue weighted by molar-refractivity contribution is 5.83. The zero-order valence-corrected chi connectivity index (χ0v) is 11.2. The minimum Gasteiger partial charge on any atom is -0.350 e. The van der Waals surface area contributed by atoms with Gasteiger partial charge in [0.1, 0.15) is 6.04 Å². The summed E-state index contributed by atoms with van der Waals surface area (Å²) in [5.74, 6) is 0.0222. The molecule has 2 N–H and O–H groups in total. The molecule has 1 amide bonds. The Morgan fingerprint density at radius 1 is 1.25 bits per heavy atom. The van der Waals surface area contributed by atoms with Crippen molar-refractivity contribution in [2.24, 2.45) is 0 Å².